The lowest BCUT2D eigenvalue weighted by Gasteiger charge is -2.24. The van der Waals surface area contributed by atoms with E-state index in [2.05, 4.69) is 18.5 Å². The number of hydrogen-bond acceptors (Lipinski definition) is 3. The van der Waals surface area contributed by atoms with Gasteiger partial charge in [0.25, 0.3) is 0 Å². The van der Waals surface area contributed by atoms with Crippen LogP contribution in [-0.4, -0.2) is 24.7 Å². The second kappa shape index (κ2) is 8.70. The monoisotopic (exact) mass is 263 g/mol. The molecule has 1 aliphatic rings. The Labute approximate surface area is 116 Å². The maximum absolute atomic E-state index is 11.8. The molecule has 1 N–H and O–H groups in total. The number of allylic oxidation sites excluding steroid dienone is 2. The van der Waals surface area contributed by atoms with Crippen molar-refractivity contribution in [1.82, 2.24) is 5.32 Å². The second-order valence-electron chi connectivity index (χ2n) is 5.02. The average Bonchev–Trinajstić information content (AvgIpc) is 2.43. The van der Waals surface area contributed by atoms with Gasteiger partial charge in [-0.15, -0.1) is 0 Å². The molecule has 0 aromatic rings. The van der Waals surface area contributed by atoms with Crippen LogP contribution in [0.4, 0.5) is 0 Å². The minimum atomic E-state index is -0.340. The number of rotatable bonds is 7. The summed E-state index contributed by atoms with van der Waals surface area (Å²) in [6.45, 7) is 9.77. The third-order valence-electron chi connectivity index (χ3n) is 3.36. The van der Waals surface area contributed by atoms with E-state index in [4.69, 9.17) is 4.74 Å². The molecule has 1 fully saturated rings. The summed E-state index contributed by atoms with van der Waals surface area (Å²) in [5.74, 6) is -0.340. The Bertz CT molecular complexity index is 341. The van der Waals surface area contributed by atoms with Crippen LogP contribution < -0.4 is 5.32 Å². The number of esters is 1. The molecule has 0 aromatic heterocycles. The fourth-order valence-electron chi connectivity index (χ4n) is 2.28. The van der Waals surface area contributed by atoms with Crippen LogP contribution in [0.15, 0.2) is 37.0 Å². The largest absolute Gasteiger partial charge is 0.458 e. The zero-order chi connectivity index (χ0) is 14.1. The van der Waals surface area contributed by atoms with Gasteiger partial charge in [-0.05, 0) is 25.8 Å². The molecule has 0 bridgehead atoms. The van der Waals surface area contributed by atoms with Crippen LogP contribution in [0.5, 0.6) is 0 Å². The number of carbonyl (C=O) groups excluding carboxylic acids is 1. The molecule has 1 rings (SSSR count). The maximum atomic E-state index is 11.8. The molecule has 3 nitrogen and oxygen atoms in total. The Morgan fingerprint density at radius 3 is 2.63 bits per heavy atom. The van der Waals surface area contributed by atoms with Crippen molar-refractivity contribution in [3.05, 3.63) is 37.0 Å². The van der Waals surface area contributed by atoms with Gasteiger partial charge in [-0.3, -0.25) is 0 Å². The summed E-state index contributed by atoms with van der Waals surface area (Å²) >= 11 is 0. The maximum Gasteiger partial charge on any atom is 0.338 e. The molecule has 106 valence electrons. The summed E-state index contributed by atoms with van der Waals surface area (Å²) in [6, 6.07) is 0.581. The summed E-state index contributed by atoms with van der Waals surface area (Å²) in [5, 5.41) is 3.47. The summed E-state index contributed by atoms with van der Waals surface area (Å²) in [4.78, 5) is 11.8. The third kappa shape index (κ3) is 5.88. The molecular weight excluding hydrogens is 238 g/mol. The fourth-order valence-corrected chi connectivity index (χ4v) is 2.28. The van der Waals surface area contributed by atoms with Crippen molar-refractivity contribution in [3.63, 3.8) is 0 Å². The number of nitrogens with one attached hydrogen (secondary N) is 1. The molecule has 0 aliphatic heterocycles. The fraction of sp³-hybridized carbons (Fsp3) is 0.562. The first kappa shape index (κ1) is 15.7. The zero-order valence-electron chi connectivity index (χ0n) is 11.9. The van der Waals surface area contributed by atoms with Gasteiger partial charge in [0.2, 0.25) is 0 Å². The highest BCUT2D eigenvalue weighted by Gasteiger charge is 2.16. The van der Waals surface area contributed by atoms with E-state index in [9.17, 15) is 4.79 Å². The minimum absolute atomic E-state index is 0.136. The van der Waals surface area contributed by atoms with Gasteiger partial charge >= 0.3 is 5.97 Å². The Hall–Kier alpha value is -1.35. The van der Waals surface area contributed by atoms with Crippen LogP contribution in [-0.2, 0) is 9.53 Å². The van der Waals surface area contributed by atoms with Crippen LogP contribution in [0, 0.1) is 0 Å². The van der Waals surface area contributed by atoms with E-state index in [1.165, 1.54) is 38.2 Å². The standard InChI is InChI=1S/C16H25NO2/c1-4-9-14(5-2)16(18)19-13(3)12-17-15-10-7-6-8-11-15/h4-5,9,13,15,17H,1-2,6-8,10-12H2,3H3/b14-9+. The van der Waals surface area contributed by atoms with E-state index in [0.29, 0.717) is 18.2 Å². The van der Waals surface area contributed by atoms with Gasteiger partial charge < -0.3 is 10.1 Å². The Balaban J connectivity index is 2.31. The van der Waals surface area contributed by atoms with Gasteiger partial charge in [0.15, 0.2) is 0 Å². The van der Waals surface area contributed by atoms with Crippen molar-refractivity contribution in [2.75, 3.05) is 6.54 Å². The topological polar surface area (TPSA) is 38.3 Å². The second-order valence-corrected chi connectivity index (χ2v) is 5.02. The van der Waals surface area contributed by atoms with Gasteiger partial charge in [-0.2, -0.15) is 0 Å². The van der Waals surface area contributed by atoms with Gasteiger partial charge in [-0.25, -0.2) is 4.79 Å². The van der Waals surface area contributed by atoms with E-state index < -0.39 is 0 Å². The van der Waals surface area contributed by atoms with Crippen LogP contribution in [0.1, 0.15) is 39.0 Å². The molecule has 19 heavy (non-hydrogen) atoms. The van der Waals surface area contributed by atoms with Gasteiger partial charge in [0.05, 0.1) is 5.57 Å². The van der Waals surface area contributed by atoms with Crippen LogP contribution in [0.2, 0.25) is 0 Å². The molecule has 0 heterocycles. The Kier molecular flexibility index (Phi) is 7.19. The van der Waals surface area contributed by atoms with Crippen LogP contribution in [0.3, 0.4) is 0 Å². The Morgan fingerprint density at radius 1 is 1.37 bits per heavy atom. The highest BCUT2D eigenvalue weighted by atomic mass is 16.5. The molecule has 1 aliphatic carbocycles. The molecule has 1 saturated carbocycles. The first-order valence-corrected chi connectivity index (χ1v) is 7.07. The number of hydrogen-bond donors (Lipinski definition) is 1. The van der Waals surface area contributed by atoms with Crippen molar-refractivity contribution in [3.8, 4) is 0 Å². The van der Waals surface area contributed by atoms with Crippen molar-refractivity contribution in [2.45, 2.75) is 51.2 Å². The van der Waals surface area contributed by atoms with Crippen molar-refractivity contribution >= 4 is 5.97 Å². The molecule has 0 radical (unpaired) electrons. The molecule has 1 atom stereocenters. The lowest BCUT2D eigenvalue weighted by atomic mass is 9.95. The summed E-state index contributed by atoms with van der Waals surface area (Å²) in [5.41, 5.74) is 0.444. The molecule has 0 saturated heterocycles. The van der Waals surface area contributed by atoms with E-state index in [1.807, 2.05) is 6.92 Å². The highest BCUT2D eigenvalue weighted by Crippen LogP contribution is 2.17. The first-order valence-electron chi connectivity index (χ1n) is 7.07. The normalized spacial score (nSPS) is 18.7. The lowest BCUT2D eigenvalue weighted by Crippen LogP contribution is -2.37. The average molecular weight is 263 g/mol. The molecule has 3 heteroatoms. The van der Waals surface area contributed by atoms with Crippen molar-refractivity contribution in [2.24, 2.45) is 0 Å². The van der Waals surface area contributed by atoms with E-state index in [0.717, 1.165) is 0 Å². The molecule has 0 aromatic carbocycles. The van der Waals surface area contributed by atoms with Gasteiger partial charge in [0, 0.05) is 12.6 Å². The Morgan fingerprint density at radius 2 is 2.05 bits per heavy atom. The quantitative estimate of drug-likeness (QED) is 0.435. The molecular formula is C16H25NO2. The smallest absolute Gasteiger partial charge is 0.338 e. The molecule has 0 spiro atoms. The van der Waals surface area contributed by atoms with Gasteiger partial charge in [0.1, 0.15) is 6.10 Å². The molecule has 0 amide bonds. The molecule has 1 unspecified atom stereocenters. The van der Waals surface area contributed by atoms with Gasteiger partial charge in [-0.1, -0.05) is 44.6 Å². The van der Waals surface area contributed by atoms with Crippen LogP contribution >= 0.6 is 0 Å². The van der Waals surface area contributed by atoms with E-state index in [1.54, 1.807) is 12.2 Å². The first-order chi connectivity index (χ1) is 9.17. The summed E-state index contributed by atoms with van der Waals surface area (Å²) < 4.78 is 5.36. The minimum Gasteiger partial charge on any atom is -0.458 e. The summed E-state index contributed by atoms with van der Waals surface area (Å²) in [6.07, 6.45) is 10.9. The lowest BCUT2D eigenvalue weighted by molar-refractivity contribution is -0.142. The number of carbonyl (C=O) groups is 1. The SMILES string of the molecule is C=C/C=C(\C=C)C(=O)OC(C)CNC1CCCCC1. The number of ether oxygens (including phenoxy) is 1. The highest BCUT2D eigenvalue weighted by molar-refractivity contribution is 5.91. The van der Waals surface area contributed by atoms with E-state index >= 15 is 0 Å². The third-order valence-corrected chi connectivity index (χ3v) is 3.36. The predicted octanol–water partition coefficient (Wildman–Crippen LogP) is 3.14. The predicted molar refractivity (Wildman–Crippen MR) is 78.9 cm³/mol. The van der Waals surface area contributed by atoms with Crippen molar-refractivity contribution < 1.29 is 9.53 Å². The van der Waals surface area contributed by atoms with Crippen molar-refractivity contribution in [1.29, 1.82) is 0 Å². The van der Waals surface area contributed by atoms with Crippen LogP contribution in [0.25, 0.3) is 0 Å². The van der Waals surface area contributed by atoms with E-state index in [-0.39, 0.29) is 12.1 Å². The zero-order valence-corrected chi connectivity index (χ0v) is 11.9. The summed E-state index contributed by atoms with van der Waals surface area (Å²) in [7, 11) is 0.